The molecule has 1 aliphatic rings. The predicted octanol–water partition coefficient (Wildman–Crippen LogP) is 4.01. The summed E-state index contributed by atoms with van der Waals surface area (Å²) in [6, 6.07) is 6.83. The number of carbonyl (C=O) groups excluding carboxylic acids is 1. The summed E-state index contributed by atoms with van der Waals surface area (Å²) in [6.45, 7) is 9.04. The Balaban J connectivity index is 2.08. The number of aryl methyl sites for hydroxylation is 1. The van der Waals surface area contributed by atoms with Crippen LogP contribution in [-0.2, 0) is 5.41 Å². The summed E-state index contributed by atoms with van der Waals surface area (Å²) >= 11 is 0. The second kappa shape index (κ2) is 6.09. The molecule has 1 fully saturated rings. The molecule has 1 N–H and O–H groups in total. The van der Waals surface area contributed by atoms with Gasteiger partial charge in [-0.05, 0) is 42.4 Å². The molecule has 0 aliphatic heterocycles. The number of rotatable bonds is 4. The third kappa shape index (κ3) is 3.69. The van der Waals surface area contributed by atoms with Gasteiger partial charge in [-0.2, -0.15) is 0 Å². The number of ketones is 1. The molecule has 0 heterocycles. The molecule has 20 heavy (non-hydrogen) atoms. The molecule has 1 aliphatic carbocycles. The van der Waals surface area contributed by atoms with Gasteiger partial charge in [-0.3, -0.25) is 4.79 Å². The molecule has 1 aromatic carbocycles. The molecule has 0 amide bonds. The van der Waals surface area contributed by atoms with Crippen LogP contribution < -0.4 is 5.32 Å². The molecule has 0 aromatic heterocycles. The predicted molar refractivity (Wildman–Crippen MR) is 84.5 cm³/mol. The lowest BCUT2D eigenvalue weighted by Crippen LogP contribution is -2.32. The van der Waals surface area contributed by atoms with Crippen molar-refractivity contribution >= 4 is 5.78 Å². The summed E-state index contributed by atoms with van der Waals surface area (Å²) in [4.78, 5) is 12.4. The van der Waals surface area contributed by atoms with Crippen molar-refractivity contribution in [2.24, 2.45) is 0 Å². The van der Waals surface area contributed by atoms with Gasteiger partial charge in [0.15, 0.2) is 5.78 Å². The Kier molecular flexibility index (Phi) is 4.64. The quantitative estimate of drug-likeness (QED) is 0.840. The van der Waals surface area contributed by atoms with E-state index in [4.69, 9.17) is 0 Å². The van der Waals surface area contributed by atoms with Crippen molar-refractivity contribution < 1.29 is 4.79 Å². The summed E-state index contributed by atoms with van der Waals surface area (Å²) < 4.78 is 0. The van der Waals surface area contributed by atoms with E-state index in [1.165, 1.54) is 31.2 Å². The lowest BCUT2D eigenvalue weighted by Gasteiger charge is -2.21. The first-order valence-corrected chi connectivity index (χ1v) is 7.75. The van der Waals surface area contributed by atoms with E-state index >= 15 is 0 Å². The monoisotopic (exact) mass is 273 g/mol. The van der Waals surface area contributed by atoms with Crippen molar-refractivity contribution in [3.63, 3.8) is 0 Å². The average Bonchev–Trinajstić information content (AvgIpc) is 2.88. The molecular formula is C18H27NO. The fraction of sp³-hybridized carbons (Fsp3) is 0.611. The molecule has 2 nitrogen and oxygen atoms in total. The van der Waals surface area contributed by atoms with Crippen LogP contribution in [0.15, 0.2) is 18.2 Å². The van der Waals surface area contributed by atoms with Gasteiger partial charge in [-0.1, -0.05) is 45.7 Å². The molecular weight excluding hydrogens is 246 g/mol. The van der Waals surface area contributed by atoms with Crippen LogP contribution in [0.25, 0.3) is 0 Å². The second-order valence-electron chi connectivity index (χ2n) is 7.07. The SMILES string of the molecule is Cc1ccc(C(C)(C)C)cc1C(=O)CNC1CCCC1. The zero-order valence-corrected chi connectivity index (χ0v) is 13.3. The van der Waals surface area contributed by atoms with Crippen molar-refractivity contribution in [3.05, 3.63) is 34.9 Å². The Morgan fingerprint density at radius 2 is 1.90 bits per heavy atom. The molecule has 2 rings (SSSR count). The lowest BCUT2D eigenvalue weighted by molar-refractivity contribution is 0.0986. The minimum absolute atomic E-state index is 0.0849. The maximum atomic E-state index is 12.4. The highest BCUT2D eigenvalue weighted by Gasteiger charge is 2.19. The standard InChI is InChI=1S/C18H27NO/c1-13-9-10-14(18(2,3)4)11-16(13)17(20)12-19-15-7-5-6-8-15/h9-11,15,19H,5-8,12H2,1-4H3. The van der Waals surface area contributed by atoms with Crippen molar-refractivity contribution in [2.75, 3.05) is 6.54 Å². The van der Waals surface area contributed by atoms with E-state index < -0.39 is 0 Å². The highest BCUT2D eigenvalue weighted by atomic mass is 16.1. The number of nitrogens with one attached hydrogen (secondary N) is 1. The molecule has 0 bridgehead atoms. The van der Waals surface area contributed by atoms with Crippen LogP contribution in [0.5, 0.6) is 0 Å². The van der Waals surface area contributed by atoms with Crippen LogP contribution >= 0.6 is 0 Å². The fourth-order valence-corrected chi connectivity index (χ4v) is 2.85. The Morgan fingerprint density at radius 1 is 1.25 bits per heavy atom. The zero-order valence-electron chi connectivity index (χ0n) is 13.3. The number of hydrogen-bond donors (Lipinski definition) is 1. The van der Waals surface area contributed by atoms with E-state index in [0.717, 1.165) is 11.1 Å². The first-order valence-electron chi connectivity index (χ1n) is 7.75. The van der Waals surface area contributed by atoms with E-state index in [2.05, 4.69) is 44.3 Å². The largest absolute Gasteiger partial charge is 0.307 e. The van der Waals surface area contributed by atoms with Gasteiger partial charge in [-0.25, -0.2) is 0 Å². The minimum Gasteiger partial charge on any atom is -0.307 e. The molecule has 1 aromatic rings. The molecule has 0 spiro atoms. The zero-order chi connectivity index (χ0) is 14.8. The van der Waals surface area contributed by atoms with Gasteiger partial charge in [0.1, 0.15) is 0 Å². The van der Waals surface area contributed by atoms with Crippen molar-refractivity contribution in [3.8, 4) is 0 Å². The smallest absolute Gasteiger partial charge is 0.176 e. The van der Waals surface area contributed by atoms with Crippen LogP contribution in [0.1, 0.15) is 67.9 Å². The van der Waals surface area contributed by atoms with Gasteiger partial charge in [0.2, 0.25) is 0 Å². The number of Topliss-reactive ketones (excluding diaryl/α,β-unsaturated/α-hetero) is 1. The van der Waals surface area contributed by atoms with Crippen LogP contribution in [0.4, 0.5) is 0 Å². The molecule has 0 radical (unpaired) electrons. The van der Waals surface area contributed by atoms with Crippen LogP contribution in [-0.4, -0.2) is 18.4 Å². The third-order valence-electron chi connectivity index (χ3n) is 4.31. The van der Waals surface area contributed by atoms with Gasteiger partial charge in [0, 0.05) is 11.6 Å². The minimum atomic E-state index is 0.0849. The van der Waals surface area contributed by atoms with Gasteiger partial charge in [0.25, 0.3) is 0 Å². The molecule has 0 atom stereocenters. The van der Waals surface area contributed by atoms with Crippen molar-refractivity contribution in [1.82, 2.24) is 5.32 Å². The Hall–Kier alpha value is -1.15. The molecule has 1 saturated carbocycles. The van der Waals surface area contributed by atoms with Crippen molar-refractivity contribution in [1.29, 1.82) is 0 Å². The second-order valence-corrected chi connectivity index (χ2v) is 7.07. The molecule has 110 valence electrons. The van der Waals surface area contributed by atoms with E-state index in [-0.39, 0.29) is 11.2 Å². The third-order valence-corrected chi connectivity index (χ3v) is 4.31. The Labute approximate surface area is 123 Å². The van der Waals surface area contributed by atoms with Gasteiger partial charge >= 0.3 is 0 Å². The first kappa shape index (κ1) is 15.2. The van der Waals surface area contributed by atoms with Gasteiger partial charge in [0.05, 0.1) is 6.54 Å². The van der Waals surface area contributed by atoms with Crippen molar-refractivity contribution in [2.45, 2.75) is 64.8 Å². The van der Waals surface area contributed by atoms with Crippen LogP contribution in [0.2, 0.25) is 0 Å². The Bertz CT molecular complexity index is 479. The molecule has 0 unspecified atom stereocenters. The highest BCUT2D eigenvalue weighted by Crippen LogP contribution is 2.25. The normalized spacial score (nSPS) is 16.6. The molecule has 2 heteroatoms. The van der Waals surface area contributed by atoms with Crippen LogP contribution in [0, 0.1) is 6.92 Å². The van der Waals surface area contributed by atoms with E-state index in [1.807, 2.05) is 6.92 Å². The summed E-state index contributed by atoms with van der Waals surface area (Å²) in [5.74, 6) is 0.223. The highest BCUT2D eigenvalue weighted by molar-refractivity contribution is 5.99. The van der Waals surface area contributed by atoms with Crippen LogP contribution in [0.3, 0.4) is 0 Å². The summed E-state index contributed by atoms with van der Waals surface area (Å²) in [6.07, 6.45) is 5.03. The summed E-state index contributed by atoms with van der Waals surface area (Å²) in [5, 5.41) is 3.42. The lowest BCUT2D eigenvalue weighted by atomic mass is 9.85. The number of hydrogen-bond acceptors (Lipinski definition) is 2. The van der Waals surface area contributed by atoms with E-state index in [0.29, 0.717) is 12.6 Å². The average molecular weight is 273 g/mol. The maximum Gasteiger partial charge on any atom is 0.176 e. The van der Waals surface area contributed by atoms with E-state index in [9.17, 15) is 4.79 Å². The Morgan fingerprint density at radius 3 is 2.50 bits per heavy atom. The molecule has 0 saturated heterocycles. The summed E-state index contributed by atoms with van der Waals surface area (Å²) in [5.41, 5.74) is 3.27. The number of carbonyl (C=O) groups is 1. The topological polar surface area (TPSA) is 29.1 Å². The van der Waals surface area contributed by atoms with Gasteiger partial charge in [-0.15, -0.1) is 0 Å². The summed E-state index contributed by atoms with van der Waals surface area (Å²) in [7, 11) is 0. The van der Waals surface area contributed by atoms with Gasteiger partial charge < -0.3 is 5.32 Å². The number of benzene rings is 1. The first-order chi connectivity index (χ1) is 9.38. The maximum absolute atomic E-state index is 12.4. The fourth-order valence-electron chi connectivity index (χ4n) is 2.85. The van der Waals surface area contributed by atoms with E-state index in [1.54, 1.807) is 0 Å².